The lowest BCUT2D eigenvalue weighted by atomic mass is 9.32. The first-order valence-corrected chi connectivity index (χ1v) is 16.3. The van der Waals surface area contributed by atoms with Gasteiger partial charge in [-0.15, -0.1) is 0 Å². The fourth-order valence-electron chi connectivity index (χ4n) is 11.8. The highest BCUT2D eigenvalue weighted by Crippen LogP contribution is 2.77. The summed E-state index contributed by atoms with van der Waals surface area (Å²) >= 11 is 0. The number of hydrogen-bond donors (Lipinski definition) is 3. The van der Waals surface area contributed by atoms with Gasteiger partial charge in [-0.1, -0.05) is 46.8 Å². The van der Waals surface area contributed by atoms with Crippen molar-refractivity contribution in [3.8, 4) is 0 Å². The van der Waals surface area contributed by atoms with Crippen molar-refractivity contribution in [2.75, 3.05) is 34.3 Å². The van der Waals surface area contributed by atoms with Crippen molar-refractivity contribution in [3.63, 3.8) is 0 Å². The zero-order valence-electron chi connectivity index (χ0n) is 27.4. The minimum Gasteiger partial charge on any atom is -0.481 e. The van der Waals surface area contributed by atoms with Gasteiger partial charge in [0.05, 0.1) is 39.3 Å². The van der Waals surface area contributed by atoms with Gasteiger partial charge < -0.3 is 19.8 Å². The van der Waals surface area contributed by atoms with Gasteiger partial charge in [-0.2, -0.15) is 0 Å². The first kappa shape index (κ1) is 32.0. The largest absolute Gasteiger partial charge is 0.481 e. The Balaban J connectivity index is 0.000000470. The van der Waals surface area contributed by atoms with Gasteiger partial charge in [0.2, 0.25) is 0 Å². The maximum absolute atomic E-state index is 12.8. The molecule has 0 spiro atoms. The van der Waals surface area contributed by atoms with Crippen LogP contribution in [0.25, 0.3) is 0 Å². The van der Waals surface area contributed by atoms with Gasteiger partial charge in [0.1, 0.15) is 6.54 Å². The predicted molar refractivity (Wildman–Crippen MR) is 163 cm³/mol. The zero-order chi connectivity index (χ0) is 30.1. The van der Waals surface area contributed by atoms with E-state index in [0.717, 1.165) is 49.6 Å². The summed E-state index contributed by atoms with van der Waals surface area (Å²) < 4.78 is 0.844. The molecule has 3 N–H and O–H groups in total. The Labute approximate surface area is 245 Å². The number of aliphatic hydroxyl groups excluding tert-OH is 2. The van der Waals surface area contributed by atoms with E-state index in [2.05, 4.69) is 69.3 Å². The molecule has 230 valence electrons. The van der Waals surface area contributed by atoms with Crippen molar-refractivity contribution in [3.05, 3.63) is 12.2 Å². The summed E-state index contributed by atoms with van der Waals surface area (Å²) in [6.45, 7) is 20.0. The molecule has 5 saturated carbocycles. The fraction of sp³-hybridized carbons (Fsp3) is 0.914. The van der Waals surface area contributed by atoms with E-state index in [1.165, 1.54) is 31.3 Å². The molecular formula is C35H62NO4+. The second-order valence-electron chi connectivity index (χ2n) is 17.3. The van der Waals surface area contributed by atoms with E-state index in [-0.39, 0.29) is 40.3 Å². The number of likely N-dealkylation sites (N-methyl/N-ethyl adjacent to an activating group) is 1. The van der Waals surface area contributed by atoms with Crippen LogP contribution in [0.15, 0.2) is 12.2 Å². The van der Waals surface area contributed by atoms with Crippen molar-refractivity contribution in [2.45, 2.75) is 112 Å². The smallest absolute Gasteiger partial charge is 0.309 e. The average Bonchev–Trinajstić information content (AvgIpc) is 3.23. The molecule has 40 heavy (non-hydrogen) atoms. The highest BCUT2D eigenvalue weighted by atomic mass is 16.4. The predicted octanol–water partition coefficient (Wildman–Crippen LogP) is 6.77. The Morgan fingerprint density at radius 1 is 0.850 bits per heavy atom. The highest BCUT2D eigenvalue weighted by Gasteiger charge is 2.72. The molecule has 5 aliphatic rings. The molecule has 0 unspecified atom stereocenters. The van der Waals surface area contributed by atoms with Gasteiger partial charge in [-0.25, -0.2) is 0 Å². The molecule has 5 rings (SSSR count). The molecule has 0 amide bonds. The lowest BCUT2D eigenvalue weighted by Gasteiger charge is -2.72. The summed E-state index contributed by atoms with van der Waals surface area (Å²) in [4.78, 5) is 12.8. The third kappa shape index (κ3) is 4.64. The van der Waals surface area contributed by atoms with E-state index in [1.807, 2.05) is 0 Å². The molecule has 10 atom stereocenters. The monoisotopic (exact) mass is 560 g/mol. The third-order valence-corrected chi connectivity index (χ3v) is 14.2. The molecule has 5 heteroatoms. The lowest BCUT2D eigenvalue weighted by molar-refractivity contribution is -0.870. The molecule has 5 nitrogen and oxygen atoms in total. The van der Waals surface area contributed by atoms with Crippen molar-refractivity contribution < 1.29 is 24.6 Å². The number of rotatable bonds is 4. The zero-order valence-corrected chi connectivity index (χ0v) is 27.4. The minimum atomic E-state index is -0.538. The first-order valence-electron chi connectivity index (χ1n) is 16.3. The molecule has 0 saturated heterocycles. The van der Waals surface area contributed by atoms with E-state index in [4.69, 9.17) is 5.11 Å². The van der Waals surface area contributed by atoms with Crippen LogP contribution in [0.4, 0.5) is 0 Å². The second-order valence-corrected chi connectivity index (χ2v) is 17.3. The summed E-state index contributed by atoms with van der Waals surface area (Å²) in [5.74, 6) is 1.79. The number of nitrogens with zero attached hydrogens (tertiary/aromatic N) is 1. The fourth-order valence-corrected chi connectivity index (χ4v) is 11.8. The number of allylic oxidation sites excluding steroid dienone is 1. The SMILES string of the molecule is C=C(C)[C@@H]1CC[C@]2(C(=O)O)CC[C@]3(C)[C@H](CC[C@@H]4[C@@]5(C)CC[C@H](O)C(C)(C)[C@@H]5CC[C@]43C)[C@@H]12.C[N+](C)(C)CCO. The van der Waals surface area contributed by atoms with Crippen LogP contribution in [0.1, 0.15) is 106 Å². The van der Waals surface area contributed by atoms with Gasteiger partial charge in [0.25, 0.3) is 0 Å². The topological polar surface area (TPSA) is 77.8 Å². The van der Waals surface area contributed by atoms with E-state index in [1.54, 1.807) is 0 Å². The molecule has 0 bridgehead atoms. The Kier molecular flexibility index (Phi) is 8.30. The molecule has 0 aliphatic heterocycles. The van der Waals surface area contributed by atoms with Crippen LogP contribution >= 0.6 is 0 Å². The lowest BCUT2D eigenvalue weighted by Crippen LogP contribution is -2.67. The first-order chi connectivity index (χ1) is 18.3. The molecular weight excluding hydrogens is 498 g/mol. The molecule has 5 aliphatic carbocycles. The number of carbonyl (C=O) groups is 1. The van der Waals surface area contributed by atoms with Crippen LogP contribution in [-0.4, -0.2) is 66.2 Å². The summed E-state index contributed by atoms with van der Waals surface area (Å²) in [7, 11) is 6.16. The Morgan fingerprint density at radius 3 is 2.02 bits per heavy atom. The second kappa shape index (κ2) is 10.4. The van der Waals surface area contributed by atoms with Crippen molar-refractivity contribution in [1.29, 1.82) is 0 Å². The van der Waals surface area contributed by atoms with Gasteiger partial charge in [0.15, 0.2) is 0 Å². The van der Waals surface area contributed by atoms with Crippen LogP contribution < -0.4 is 0 Å². The Hall–Kier alpha value is -0.910. The van der Waals surface area contributed by atoms with Gasteiger partial charge >= 0.3 is 5.97 Å². The average molecular weight is 561 g/mol. The Morgan fingerprint density at radius 2 is 1.50 bits per heavy atom. The number of carboxylic acids is 1. The van der Waals surface area contributed by atoms with Crippen LogP contribution in [0.3, 0.4) is 0 Å². The third-order valence-electron chi connectivity index (χ3n) is 14.2. The summed E-state index contributed by atoms with van der Waals surface area (Å²) in [6.07, 6.45) is 10.5. The van der Waals surface area contributed by atoms with Crippen molar-refractivity contribution >= 4 is 5.97 Å². The number of aliphatic hydroxyl groups is 2. The molecule has 0 heterocycles. The van der Waals surface area contributed by atoms with E-state index in [0.29, 0.717) is 23.7 Å². The highest BCUT2D eigenvalue weighted by molar-refractivity contribution is 5.76. The quantitative estimate of drug-likeness (QED) is 0.262. The number of quaternary nitrogens is 1. The Bertz CT molecular complexity index is 984. The standard InChI is InChI=1S/C30H48O3.C5H14NO/c1-18(2)19-10-15-30(25(32)33)17-16-28(6)20(24(19)30)8-9-22-27(5)13-12-23(31)26(3,4)21(27)11-14-29(22,28)7;1-6(2,3)4-5-7/h19-24,31H,1,8-17H2,2-7H3,(H,32,33);7H,4-5H2,1-3H3/q;+1/t19-,20+,21-,22+,23-,24+,27-,28+,29+,30-;/m0./s1. The van der Waals surface area contributed by atoms with Crippen LogP contribution in [0.2, 0.25) is 0 Å². The van der Waals surface area contributed by atoms with Gasteiger partial charge in [0, 0.05) is 0 Å². The number of fused-ring (bicyclic) bond motifs is 7. The van der Waals surface area contributed by atoms with Crippen LogP contribution in [0, 0.1) is 56.7 Å². The number of aliphatic carboxylic acids is 1. The molecule has 5 fully saturated rings. The van der Waals surface area contributed by atoms with E-state index < -0.39 is 11.4 Å². The maximum Gasteiger partial charge on any atom is 0.309 e. The molecule has 0 radical (unpaired) electrons. The maximum atomic E-state index is 12.8. The summed E-state index contributed by atoms with van der Waals surface area (Å²) in [5, 5.41) is 29.8. The van der Waals surface area contributed by atoms with Crippen LogP contribution in [-0.2, 0) is 4.79 Å². The summed E-state index contributed by atoms with van der Waals surface area (Å²) in [6, 6.07) is 0. The normalized spacial score (nSPS) is 47.5. The van der Waals surface area contributed by atoms with Crippen molar-refractivity contribution in [1.82, 2.24) is 0 Å². The molecule has 0 aromatic rings. The molecule has 0 aromatic carbocycles. The number of carboxylic acid groups (broad SMARTS) is 1. The van der Waals surface area contributed by atoms with Gasteiger partial charge in [-0.05, 0) is 122 Å². The number of hydrogen-bond acceptors (Lipinski definition) is 3. The molecule has 0 aromatic heterocycles. The van der Waals surface area contributed by atoms with Crippen LogP contribution in [0.5, 0.6) is 0 Å². The minimum absolute atomic E-state index is 0.0202. The summed E-state index contributed by atoms with van der Waals surface area (Å²) in [5.41, 5.74) is 1.35. The van der Waals surface area contributed by atoms with E-state index in [9.17, 15) is 15.0 Å². The van der Waals surface area contributed by atoms with Crippen molar-refractivity contribution in [2.24, 2.45) is 56.7 Å². The van der Waals surface area contributed by atoms with Gasteiger partial charge in [-0.3, -0.25) is 4.79 Å². The van der Waals surface area contributed by atoms with E-state index >= 15 is 0 Å².